The van der Waals surface area contributed by atoms with E-state index in [0.29, 0.717) is 6.04 Å². The van der Waals surface area contributed by atoms with E-state index in [0.717, 1.165) is 12.5 Å². The molecule has 0 aromatic carbocycles. The Hall–Kier alpha value is 0.270. The van der Waals surface area contributed by atoms with Gasteiger partial charge in [-0.2, -0.15) is 11.8 Å². The molecule has 1 aliphatic rings. The molecule has 0 bridgehead atoms. The van der Waals surface area contributed by atoms with Crippen LogP contribution in [0.5, 0.6) is 0 Å². The molecule has 0 saturated carbocycles. The summed E-state index contributed by atoms with van der Waals surface area (Å²) in [6, 6.07) is 0.617. The Morgan fingerprint density at radius 2 is 2.00 bits per heavy atom. The van der Waals surface area contributed by atoms with Crippen LogP contribution in [0.3, 0.4) is 0 Å². The van der Waals surface area contributed by atoms with E-state index in [1.54, 1.807) is 0 Å². The highest BCUT2D eigenvalue weighted by atomic mass is 32.2. The van der Waals surface area contributed by atoms with Crippen LogP contribution in [0.4, 0.5) is 0 Å². The van der Waals surface area contributed by atoms with Gasteiger partial charge in [-0.1, -0.05) is 20.3 Å². The van der Waals surface area contributed by atoms with Gasteiger partial charge in [0.15, 0.2) is 0 Å². The number of hydrogen-bond donors (Lipinski definition) is 1. The minimum Gasteiger partial charge on any atom is -0.329 e. The Morgan fingerprint density at radius 1 is 1.38 bits per heavy atom. The van der Waals surface area contributed by atoms with Crippen molar-refractivity contribution in [1.82, 2.24) is 4.90 Å². The van der Waals surface area contributed by atoms with Crippen molar-refractivity contribution in [2.24, 2.45) is 11.7 Å². The smallest absolute Gasteiger partial charge is 0.0244 e. The quantitative estimate of drug-likeness (QED) is 0.747. The van der Waals surface area contributed by atoms with E-state index in [1.165, 1.54) is 31.0 Å². The fraction of sp³-hybridized carbons (Fsp3) is 1.00. The lowest BCUT2D eigenvalue weighted by molar-refractivity contribution is 0.165. The predicted octanol–water partition coefficient (Wildman–Crippen LogP) is 1.41. The van der Waals surface area contributed by atoms with Crippen molar-refractivity contribution in [3.8, 4) is 0 Å². The summed E-state index contributed by atoms with van der Waals surface area (Å²) in [7, 11) is 0. The second kappa shape index (κ2) is 5.89. The van der Waals surface area contributed by atoms with E-state index in [-0.39, 0.29) is 0 Å². The molecule has 2 unspecified atom stereocenters. The van der Waals surface area contributed by atoms with E-state index in [1.807, 2.05) is 0 Å². The monoisotopic (exact) mass is 202 g/mol. The van der Waals surface area contributed by atoms with Crippen molar-refractivity contribution in [2.75, 3.05) is 31.1 Å². The fourth-order valence-corrected chi connectivity index (χ4v) is 2.85. The highest BCUT2D eigenvalue weighted by Gasteiger charge is 2.23. The van der Waals surface area contributed by atoms with Gasteiger partial charge in [0.25, 0.3) is 0 Å². The largest absolute Gasteiger partial charge is 0.329 e. The van der Waals surface area contributed by atoms with Gasteiger partial charge in [0.1, 0.15) is 0 Å². The topological polar surface area (TPSA) is 29.3 Å². The second-order valence-electron chi connectivity index (χ2n) is 3.84. The second-order valence-corrected chi connectivity index (χ2v) is 5.06. The minimum atomic E-state index is 0.617. The number of nitrogens with two attached hydrogens (primary N) is 1. The van der Waals surface area contributed by atoms with Crippen LogP contribution in [-0.2, 0) is 0 Å². The third kappa shape index (κ3) is 3.15. The third-order valence-corrected chi connectivity index (χ3v) is 4.00. The first kappa shape index (κ1) is 11.3. The van der Waals surface area contributed by atoms with Gasteiger partial charge in [0.2, 0.25) is 0 Å². The molecule has 0 spiro atoms. The Kier molecular flexibility index (Phi) is 5.14. The fourth-order valence-electron chi connectivity index (χ4n) is 1.92. The highest BCUT2D eigenvalue weighted by Crippen LogP contribution is 2.18. The molecule has 1 heterocycles. The van der Waals surface area contributed by atoms with Crippen molar-refractivity contribution in [1.29, 1.82) is 0 Å². The molecule has 2 N–H and O–H groups in total. The highest BCUT2D eigenvalue weighted by molar-refractivity contribution is 7.99. The molecule has 0 aliphatic carbocycles. The van der Waals surface area contributed by atoms with Gasteiger partial charge in [-0.3, -0.25) is 4.90 Å². The zero-order valence-electron chi connectivity index (χ0n) is 8.83. The molecule has 0 radical (unpaired) electrons. The lowest BCUT2D eigenvalue weighted by Gasteiger charge is -2.36. The Balaban J connectivity index is 2.43. The molecule has 1 aliphatic heterocycles. The lowest BCUT2D eigenvalue weighted by atomic mass is 9.97. The van der Waals surface area contributed by atoms with Crippen LogP contribution in [0.1, 0.15) is 20.3 Å². The van der Waals surface area contributed by atoms with Gasteiger partial charge in [-0.25, -0.2) is 0 Å². The summed E-state index contributed by atoms with van der Waals surface area (Å²) in [6.45, 7) is 7.86. The van der Waals surface area contributed by atoms with Crippen molar-refractivity contribution < 1.29 is 0 Å². The van der Waals surface area contributed by atoms with Crippen LogP contribution in [0, 0.1) is 5.92 Å². The van der Waals surface area contributed by atoms with Crippen LogP contribution < -0.4 is 5.73 Å². The minimum absolute atomic E-state index is 0.617. The first-order valence-electron chi connectivity index (χ1n) is 5.31. The number of rotatable bonds is 4. The first-order chi connectivity index (χ1) is 6.29. The molecule has 1 fully saturated rings. The van der Waals surface area contributed by atoms with Gasteiger partial charge in [-0.05, 0) is 5.92 Å². The molecule has 0 aromatic heterocycles. The summed E-state index contributed by atoms with van der Waals surface area (Å²) in [5.74, 6) is 3.31. The Bertz CT molecular complexity index is 135. The maximum atomic E-state index is 5.83. The Morgan fingerprint density at radius 3 is 2.46 bits per heavy atom. The zero-order chi connectivity index (χ0) is 9.68. The van der Waals surface area contributed by atoms with Crippen LogP contribution in [0.15, 0.2) is 0 Å². The van der Waals surface area contributed by atoms with E-state index in [4.69, 9.17) is 5.73 Å². The normalized spacial score (nSPS) is 24.2. The third-order valence-electron chi connectivity index (χ3n) is 3.06. The average Bonchev–Trinajstić information content (AvgIpc) is 2.20. The van der Waals surface area contributed by atoms with Gasteiger partial charge in [0, 0.05) is 37.2 Å². The molecule has 78 valence electrons. The van der Waals surface area contributed by atoms with Gasteiger partial charge in [0.05, 0.1) is 0 Å². The maximum absolute atomic E-state index is 5.83. The van der Waals surface area contributed by atoms with Gasteiger partial charge >= 0.3 is 0 Å². The van der Waals surface area contributed by atoms with Crippen molar-refractivity contribution in [3.63, 3.8) is 0 Å². The molecule has 2 atom stereocenters. The summed E-state index contributed by atoms with van der Waals surface area (Å²) in [4.78, 5) is 2.57. The standard InChI is InChI=1S/C10H22N2S/c1-3-9(2)10(8-11)12-4-6-13-7-5-12/h9-10H,3-8,11H2,1-2H3. The summed E-state index contributed by atoms with van der Waals surface area (Å²) >= 11 is 2.06. The van der Waals surface area contributed by atoms with Crippen LogP contribution in [-0.4, -0.2) is 42.1 Å². The summed E-state index contributed by atoms with van der Waals surface area (Å²) < 4.78 is 0. The SMILES string of the molecule is CCC(C)C(CN)N1CCSCC1. The van der Waals surface area contributed by atoms with E-state index in [2.05, 4.69) is 30.5 Å². The first-order valence-corrected chi connectivity index (χ1v) is 6.47. The van der Waals surface area contributed by atoms with Gasteiger partial charge in [-0.15, -0.1) is 0 Å². The van der Waals surface area contributed by atoms with Crippen molar-refractivity contribution in [3.05, 3.63) is 0 Å². The molecule has 3 heteroatoms. The molecule has 0 amide bonds. The van der Waals surface area contributed by atoms with Crippen molar-refractivity contribution in [2.45, 2.75) is 26.3 Å². The number of thioether (sulfide) groups is 1. The number of hydrogen-bond acceptors (Lipinski definition) is 3. The average molecular weight is 202 g/mol. The van der Waals surface area contributed by atoms with E-state index < -0.39 is 0 Å². The van der Waals surface area contributed by atoms with Crippen molar-refractivity contribution >= 4 is 11.8 Å². The summed E-state index contributed by atoms with van der Waals surface area (Å²) in [5.41, 5.74) is 5.83. The molecule has 1 saturated heterocycles. The van der Waals surface area contributed by atoms with E-state index in [9.17, 15) is 0 Å². The summed E-state index contributed by atoms with van der Waals surface area (Å²) in [6.07, 6.45) is 1.24. The summed E-state index contributed by atoms with van der Waals surface area (Å²) in [5, 5.41) is 0. The number of nitrogens with zero attached hydrogens (tertiary/aromatic N) is 1. The molecule has 0 aromatic rings. The Labute approximate surface area is 86.2 Å². The van der Waals surface area contributed by atoms with Crippen LogP contribution in [0.2, 0.25) is 0 Å². The molecule has 2 nitrogen and oxygen atoms in total. The molecular formula is C10H22N2S. The molecular weight excluding hydrogens is 180 g/mol. The molecule has 1 rings (SSSR count). The predicted molar refractivity (Wildman–Crippen MR) is 61.2 cm³/mol. The maximum Gasteiger partial charge on any atom is 0.0244 e. The van der Waals surface area contributed by atoms with Crippen LogP contribution >= 0.6 is 11.8 Å². The van der Waals surface area contributed by atoms with Gasteiger partial charge < -0.3 is 5.73 Å². The van der Waals surface area contributed by atoms with E-state index >= 15 is 0 Å². The molecule has 13 heavy (non-hydrogen) atoms. The lowest BCUT2D eigenvalue weighted by Crippen LogP contribution is -2.48. The van der Waals surface area contributed by atoms with Crippen LogP contribution in [0.25, 0.3) is 0 Å². The zero-order valence-corrected chi connectivity index (χ0v) is 9.65.